The second-order valence-electron chi connectivity index (χ2n) is 3.67. The number of halogens is 1. The summed E-state index contributed by atoms with van der Waals surface area (Å²) >= 11 is 4.83. The van der Waals surface area contributed by atoms with Crippen molar-refractivity contribution < 1.29 is 4.74 Å². The molecular formula is C12H13BrN4OS. The molecule has 19 heavy (non-hydrogen) atoms. The van der Waals surface area contributed by atoms with Gasteiger partial charge in [0.2, 0.25) is 11.1 Å². The fraction of sp³-hybridized carbons (Fsp3) is 0.250. The summed E-state index contributed by atoms with van der Waals surface area (Å²) in [7, 11) is 0. The van der Waals surface area contributed by atoms with E-state index in [1.807, 2.05) is 31.2 Å². The molecule has 0 radical (unpaired) electrons. The lowest BCUT2D eigenvalue weighted by Gasteiger charge is -2.05. The zero-order valence-electron chi connectivity index (χ0n) is 10.3. The van der Waals surface area contributed by atoms with E-state index in [9.17, 15) is 0 Å². The molecule has 0 unspecified atom stereocenters. The molecule has 5 nitrogen and oxygen atoms in total. The number of anilines is 1. The van der Waals surface area contributed by atoms with E-state index < -0.39 is 0 Å². The van der Waals surface area contributed by atoms with Gasteiger partial charge in [-0.3, -0.25) is 0 Å². The normalized spacial score (nSPS) is 10.4. The predicted octanol–water partition coefficient (Wildman–Crippen LogP) is 3.16. The van der Waals surface area contributed by atoms with E-state index >= 15 is 0 Å². The van der Waals surface area contributed by atoms with E-state index in [1.165, 1.54) is 11.8 Å². The van der Waals surface area contributed by atoms with Crippen molar-refractivity contribution in [2.24, 2.45) is 0 Å². The molecule has 0 bridgehead atoms. The summed E-state index contributed by atoms with van der Waals surface area (Å²) in [5, 5.41) is 0.525. The topological polar surface area (TPSA) is 73.9 Å². The Kier molecular flexibility index (Phi) is 4.98. The average molecular weight is 341 g/mol. The zero-order chi connectivity index (χ0) is 13.7. The van der Waals surface area contributed by atoms with Crippen LogP contribution in [-0.2, 0) is 0 Å². The third kappa shape index (κ3) is 4.36. The minimum atomic E-state index is 0.165. The first-order valence-electron chi connectivity index (χ1n) is 5.75. The van der Waals surface area contributed by atoms with E-state index in [-0.39, 0.29) is 12.0 Å². The van der Waals surface area contributed by atoms with Gasteiger partial charge in [-0.05, 0) is 36.4 Å². The molecule has 0 atom stereocenters. The highest BCUT2D eigenvalue weighted by Gasteiger charge is 2.07. The lowest BCUT2D eigenvalue weighted by Crippen LogP contribution is -2.05. The number of nitrogens with zero attached hydrogens (tertiary/aromatic N) is 3. The summed E-state index contributed by atoms with van der Waals surface area (Å²) in [6, 6.07) is 8.14. The van der Waals surface area contributed by atoms with E-state index in [0.29, 0.717) is 11.8 Å². The van der Waals surface area contributed by atoms with Crippen LogP contribution in [-0.4, -0.2) is 21.6 Å². The van der Waals surface area contributed by atoms with E-state index in [1.54, 1.807) is 0 Å². The van der Waals surface area contributed by atoms with Crippen LogP contribution in [0.15, 0.2) is 38.8 Å². The summed E-state index contributed by atoms with van der Waals surface area (Å²) < 4.78 is 6.38. The molecule has 7 heteroatoms. The van der Waals surface area contributed by atoms with Gasteiger partial charge in [0.05, 0.1) is 6.61 Å². The summed E-state index contributed by atoms with van der Waals surface area (Å²) in [5.74, 6) is 0.165. The summed E-state index contributed by atoms with van der Waals surface area (Å²) in [6.45, 7) is 2.58. The molecule has 0 aliphatic heterocycles. The molecule has 0 aliphatic rings. The first-order chi connectivity index (χ1) is 9.17. The SMILES string of the molecule is CCCOc1nc(N)nc(Sc2cccc(Br)c2)n1. The molecule has 0 fully saturated rings. The van der Waals surface area contributed by atoms with Crippen molar-refractivity contribution >= 4 is 33.6 Å². The molecule has 1 aromatic carbocycles. The number of nitrogens with two attached hydrogens (primary N) is 1. The van der Waals surface area contributed by atoms with Gasteiger partial charge in [-0.2, -0.15) is 15.0 Å². The zero-order valence-corrected chi connectivity index (χ0v) is 12.7. The average Bonchev–Trinajstić information content (AvgIpc) is 2.35. The fourth-order valence-electron chi connectivity index (χ4n) is 1.29. The highest BCUT2D eigenvalue weighted by atomic mass is 79.9. The highest BCUT2D eigenvalue weighted by molar-refractivity contribution is 9.10. The molecular weight excluding hydrogens is 328 g/mol. The minimum Gasteiger partial charge on any atom is -0.463 e. The van der Waals surface area contributed by atoms with Gasteiger partial charge in [-0.25, -0.2) is 0 Å². The number of nitrogen functional groups attached to an aromatic ring is 1. The molecule has 100 valence electrons. The number of benzene rings is 1. The standard InChI is InChI=1S/C12H13BrN4OS/c1-2-6-18-11-15-10(14)16-12(17-11)19-9-5-3-4-8(13)7-9/h3-5,7H,2,6H2,1H3,(H2,14,15,16,17). The Balaban J connectivity index is 2.17. The molecule has 0 saturated heterocycles. The summed E-state index contributed by atoms with van der Waals surface area (Å²) in [5.41, 5.74) is 5.65. The molecule has 0 amide bonds. The third-order valence-corrected chi connectivity index (χ3v) is 3.40. The Morgan fingerprint density at radius 2 is 2.16 bits per heavy atom. The van der Waals surface area contributed by atoms with Crippen molar-refractivity contribution in [2.45, 2.75) is 23.4 Å². The van der Waals surface area contributed by atoms with Crippen molar-refractivity contribution in [2.75, 3.05) is 12.3 Å². The first kappa shape index (κ1) is 14.1. The van der Waals surface area contributed by atoms with Crippen LogP contribution in [0.2, 0.25) is 0 Å². The third-order valence-electron chi connectivity index (χ3n) is 2.05. The number of aromatic nitrogens is 3. The Bertz CT molecular complexity index is 567. The van der Waals surface area contributed by atoms with E-state index in [4.69, 9.17) is 10.5 Å². The van der Waals surface area contributed by atoms with Gasteiger partial charge in [0.15, 0.2) is 0 Å². The smallest absolute Gasteiger partial charge is 0.322 e. The highest BCUT2D eigenvalue weighted by Crippen LogP contribution is 2.27. The Morgan fingerprint density at radius 1 is 1.32 bits per heavy atom. The predicted molar refractivity (Wildman–Crippen MR) is 78.3 cm³/mol. The van der Waals surface area contributed by atoms with Gasteiger partial charge < -0.3 is 10.5 Å². The fourth-order valence-corrected chi connectivity index (χ4v) is 2.65. The Hall–Kier alpha value is -1.34. The van der Waals surface area contributed by atoms with Gasteiger partial charge in [0.25, 0.3) is 0 Å². The van der Waals surface area contributed by atoms with Crippen molar-refractivity contribution in [1.82, 2.24) is 15.0 Å². The maximum atomic E-state index is 5.65. The molecule has 1 aromatic heterocycles. The molecule has 2 N–H and O–H groups in total. The van der Waals surface area contributed by atoms with Crippen LogP contribution in [0.1, 0.15) is 13.3 Å². The number of hydrogen-bond acceptors (Lipinski definition) is 6. The van der Waals surface area contributed by atoms with Crippen molar-refractivity contribution in [3.63, 3.8) is 0 Å². The number of ether oxygens (including phenoxy) is 1. The van der Waals surface area contributed by atoms with E-state index in [0.717, 1.165) is 15.8 Å². The van der Waals surface area contributed by atoms with Gasteiger partial charge in [-0.15, -0.1) is 0 Å². The van der Waals surface area contributed by atoms with E-state index in [2.05, 4.69) is 30.9 Å². The monoisotopic (exact) mass is 340 g/mol. The molecule has 2 aromatic rings. The van der Waals surface area contributed by atoms with Crippen LogP contribution >= 0.6 is 27.7 Å². The van der Waals surface area contributed by atoms with Crippen LogP contribution in [0.5, 0.6) is 6.01 Å². The summed E-state index contributed by atoms with van der Waals surface area (Å²) in [4.78, 5) is 13.3. The second-order valence-corrected chi connectivity index (χ2v) is 5.62. The second kappa shape index (κ2) is 6.72. The quantitative estimate of drug-likeness (QED) is 0.901. The molecule has 1 heterocycles. The van der Waals surface area contributed by atoms with Crippen LogP contribution in [0.4, 0.5) is 5.95 Å². The summed E-state index contributed by atoms with van der Waals surface area (Å²) in [6.07, 6.45) is 0.889. The number of rotatable bonds is 5. The van der Waals surface area contributed by atoms with Gasteiger partial charge >= 0.3 is 6.01 Å². The maximum absolute atomic E-state index is 5.65. The largest absolute Gasteiger partial charge is 0.463 e. The lowest BCUT2D eigenvalue weighted by atomic mass is 10.4. The van der Waals surface area contributed by atoms with Crippen molar-refractivity contribution in [3.8, 4) is 6.01 Å². The Morgan fingerprint density at radius 3 is 2.89 bits per heavy atom. The molecule has 2 rings (SSSR count). The molecule has 0 spiro atoms. The van der Waals surface area contributed by atoms with Gasteiger partial charge in [-0.1, -0.05) is 28.9 Å². The molecule has 0 saturated carbocycles. The first-order valence-corrected chi connectivity index (χ1v) is 7.36. The Labute approximate surface area is 124 Å². The lowest BCUT2D eigenvalue weighted by molar-refractivity contribution is 0.288. The molecule has 0 aliphatic carbocycles. The van der Waals surface area contributed by atoms with Crippen molar-refractivity contribution in [1.29, 1.82) is 0 Å². The van der Waals surface area contributed by atoms with Crippen LogP contribution in [0.25, 0.3) is 0 Å². The van der Waals surface area contributed by atoms with Gasteiger partial charge in [0, 0.05) is 9.37 Å². The number of hydrogen-bond donors (Lipinski definition) is 1. The maximum Gasteiger partial charge on any atom is 0.322 e. The minimum absolute atomic E-state index is 0.165. The van der Waals surface area contributed by atoms with Crippen LogP contribution in [0.3, 0.4) is 0 Å². The van der Waals surface area contributed by atoms with Crippen LogP contribution in [0, 0.1) is 0 Å². The van der Waals surface area contributed by atoms with Crippen LogP contribution < -0.4 is 10.5 Å². The van der Waals surface area contributed by atoms with Gasteiger partial charge in [0.1, 0.15) is 0 Å². The van der Waals surface area contributed by atoms with Crippen molar-refractivity contribution in [3.05, 3.63) is 28.7 Å².